The van der Waals surface area contributed by atoms with Gasteiger partial charge in [-0.2, -0.15) is 5.10 Å². The number of rotatable bonds is 3. The van der Waals surface area contributed by atoms with Gasteiger partial charge in [0.25, 0.3) is 0 Å². The molecular weight excluding hydrogens is 295 g/mol. The van der Waals surface area contributed by atoms with E-state index >= 15 is 0 Å². The second kappa shape index (κ2) is 5.39. The highest BCUT2D eigenvalue weighted by Crippen LogP contribution is 2.31. The summed E-state index contributed by atoms with van der Waals surface area (Å²) in [5.41, 5.74) is 1.70. The average molecular weight is 306 g/mol. The van der Waals surface area contributed by atoms with E-state index in [9.17, 15) is 0 Å². The van der Waals surface area contributed by atoms with Gasteiger partial charge in [-0.3, -0.25) is 0 Å². The van der Waals surface area contributed by atoms with Crippen LogP contribution in [0.4, 0.5) is 0 Å². The first kappa shape index (κ1) is 13.5. The van der Waals surface area contributed by atoms with Gasteiger partial charge >= 0.3 is 0 Å². The fourth-order valence-electron chi connectivity index (χ4n) is 1.66. The Morgan fingerprint density at radius 1 is 1.22 bits per heavy atom. The van der Waals surface area contributed by atoms with E-state index in [1.165, 1.54) is 0 Å². The summed E-state index contributed by atoms with van der Waals surface area (Å²) >= 11 is 17.7. The van der Waals surface area contributed by atoms with Crippen molar-refractivity contribution < 1.29 is 4.74 Å². The van der Waals surface area contributed by atoms with Gasteiger partial charge in [-0.15, -0.1) is 11.6 Å². The predicted molar refractivity (Wildman–Crippen MR) is 74.0 cm³/mol. The fourth-order valence-corrected chi connectivity index (χ4v) is 2.48. The molecule has 0 radical (unpaired) electrons. The Bertz CT molecular complexity index is 561. The van der Waals surface area contributed by atoms with Crippen LogP contribution in [0.1, 0.15) is 11.3 Å². The van der Waals surface area contributed by atoms with Crippen molar-refractivity contribution in [3.8, 4) is 11.6 Å². The molecular formula is C12H11Cl3N2O. The lowest BCUT2D eigenvalue weighted by Gasteiger charge is -2.08. The zero-order valence-corrected chi connectivity index (χ0v) is 12.1. The molecule has 96 valence electrons. The molecule has 1 aromatic heterocycles. The first-order valence-electron chi connectivity index (χ1n) is 5.23. The minimum Gasteiger partial charge on any atom is -0.439 e. The van der Waals surface area contributed by atoms with E-state index in [1.807, 2.05) is 6.92 Å². The first-order valence-corrected chi connectivity index (χ1v) is 6.52. The molecule has 2 aromatic rings. The Morgan fingerprint density at radius 2 is 1.83 bits per heavy atom. The number of hydrogen-bond acceptors (Lipinski definition) is 2. The molecule has 0 spiro atoms. The van der Waals surface area contributed by atoms with Crippen LogP contribution in [-0.2, 0) is 12.9 Å². The fraction of sp³-hybridized carbons (Fsp3) is 0.250. The third kappa shape index (κ3) is 2.74. The average Bonchev–Trinajstić information content (AvgIpc) is 2.52. The largest absolute Gasteiger partial charge is 0.439 e. The summed E-state index contributed by atoms with van der Waals surface area (Å²) in [7, 11) is 1.80. The molecule has 0 bridgehead atoms. The molecule has 0 aliphatic rings. The molecule has 0 N–H and O–H groups in total. The van der Waals surface area contributed by atoms with Crippen LogP contribution in [0.25, 0.3) is 0 Å². The molecule has 0 fully saturated rings. The number of ether oxygens (including phenoxy) is 1. The minimum absolute atomic E-state index is 0.337. The monoisotopic (exact) mass is 304 g/mol. The van der Waals surface area contributed by atoms with Gasteiger partial charge in [-0.25, -0.2) is 4.68 Å². The summed E-state index contributed by atoms with van der Waals surface area (Å²) in [6, 6.07) is 5.02. The maximum atomic E-state index is 5.92. The highest BCUT2D eigenvalue weighted by Gasteiger charge is 2.14. The summed E-state index contributed by atoms with van der Waals surface area (Å²) in [5, 5.41) is 5.30. The lowest BCUT2D eigenvalue weighted by molar-refractivity contribution is 0.427. The number of aromatic nitrogens is 2. The molecule has 0 unspecified atom stereocenters. The van der Waals surface area contributed by atoms with E-state index in [0.29, 0.717) is 27.6 Å². The number of halogens is 3. The SMILES string of the molecule is Cc1nn(C)c(Oc2cc(Cl)cc(Cl)c2)c1CCl. The van der Waals surface area contributed by atoms with Crippen molar-refractivity contribution in [3.05, 3.63) is 39.5 Å². The summed E-state index contributed by atoms with van der Waals surface area (Å²) in [6.07, 6.45) is 0. The van der Waals surface area contributed by atoms with Crippen molar-refractivity contribution >= 4 is 34.8 Å². The zero-order valence-electron chi connectivity index (χ0n) is 9.88. The Hall–Kier alpha value is -0.900. The normalized spacial score (nSPS) is 10.7. The first-order chi connectivity index (χ1) is 8.51. The molecule has 0 saturated carbocycles. The lowest BCUT2D eigenvalue weighted by atomic mass is 10.3. The molecule has 0 aliphatic heterocycles. The molecule has 0 amide bonds. The molecule has 18 heavy (non-hydrogen) atoms. The molecule has 6 heteroatoms. The van der Waals surface area contributed by atoms with E-state index in [0.717, 1.165) is 11.3 Å². The highest BCUT2D eigenvalue weighted by atomic mass is 35.5. The van der Waals surface area contributed by atoms with E-state index in [1.54, 1.807) is 29.9 Å². The van der Waals surface area contributed by atoms with Crippen molar-refractivity contribution in [2.75, 3.05) is 0 Å². The van der Waals surface area contributed by atoms with Crippen molar-refractivity contribution in [2.24, 2.45) is 7.05 Å². The topological polar surface area (TPSA) is 27.1 Å². The summed E-state index contributed by atoms with van der Waals surface area (Å²) in [6.45, 7) is 1.88. The van der Waals surface area contributed by atoms with Crippen LogP contribution in [0, 0.1) is 6.92 Å². The van der Waals surface area contributed by atoms with Crippen LogP contribution in [0.2, 0.25) is 10.0 Å². The van der Waals surface area contributed by atoms with Crippen molar-refractivity contribution in [3.63, 3.8) is 0 Å². The second-order valence-electron chi connectivity index (χ2n) is 3.83. The van der Waals surface area contributed by atoms with Gasteiger partial charge in [-0.1, -0.05) is 23.2 Å². The van der Waals surface area contributed by atoms with E-state index in [2.05, 4.69) is 5.10 Å². The van der Waals surface area contributed by atoms with Crippen molar-refractivity contribution in [2.45, 2.75) is 12.8 Å². The van der Waals surface area contributed by atoms with Crippen LogP contribution >= 0.6 is 34.8 Å². The maximum absolute atomic E-state index is 5.92. The molecule has 2 rings (SSSR count). The lowest BCUT2D eigenvalue weighted by Crippen LogP contribution is -1.96. The van der Waals surface area contributed by atoms with Gasteiger partial charge in [0.2, 0.25) is 5.88 Å². The highest BCUT2D eigenvalue weighted by molar-refractivity contribution is 6.34. The zero-order chi connectivity index (χ0) is 13.3. The van der Waals surface area contributed by atoms with Crippen LogP contribution < -0.4 is 4.74 Å². The van der Waals surface area contributed by atoms with E-state index in [4.69, 9.17) is 39.5 Å². The molecule has 0 atom stereocenters. The third-order valence-corrected chi connectivity index (χ3v) is 3.18. The van der Waals surface area contributed by atoms with Gasteiger partial charge in [0, 0.05) is 17.1 Å². The Balaban J connectivity index is 2.39. The van der Waals surface area contributed by atoms with Crippen molar-refractivity contribution in [1.82, 2.24) is 9.78 Å². The van der Waals surface area contributed by atoms with Crippen LogP contribution in [0.3, 0.4) is 0 Å². The summed E-state index contributed by atoms with van der Waals surface area (Å²) in [5.74, 6) is 1.49. The van der Waals surface area contributed by atoms with Crippen molar-refractivity contribution in [1.29, 1.82) is 0 Å². The van der Waals surface area contributed by atoms with E-state index in [-0.39, 0.29) is 0 Å². The maximum Gasteiger partial charge on any atom is 0.222 e. The summed E-state index contributed by atoms with van der Waals surface area (Å²) < 4.78 is 7.40. The van der Waals surface area contributed by atoms with Crippen LogP contribution in [0.15, 0.2) is 18.2 Å². The predicted octanol–water partition coefficient (Wildman–Crippen LogP) is 4.57. The molecule has 0 aliphatic carbocycles. The summed E-state index contributed by atoms with van der Waals surface area (Å²) in [4.78, 5) is 0. The van der Waals surface area contributed by atoms with Crippen LogP contribution in [0.5, 0.6) is 11.6 Å². The van der Waals surface area contributed by atoms with Gasteiger partial charge < -0.3 is 4.74 Å². The van der Waals surface area contributed by atoms with E-state index < -0.39 is 0 Å². The van der Waals surface area contributed by atoms with Crippen LogP contribution in [-0.4, -0.2) is 9.78 Å². The Labute approximate surface area is 120 Å². The second-order valence-corrected chi connectivity index (χ2v) is 4.97. The number of alkyl halides is 1. The molecule has 0 saturated heterocycles. The van der Waals surface area contributed by atoms with Gasteiger partial charge in [0.05, 0.1) is 17.1 Å². The Morgan fingerprint density at radius 3 is 2.39 bits per heavy atom. The minimum atomic E-state index is 0.337. The Kier molecular flexibility index (Phi) is 4.05. The number of benzene rings is 1. The number of hydrogen-bond donors (Lipinski definition) is 0. The standard InChI is InChI=1S/C12H11Cl3N2O/c1-7-11(6-13)12(17(2)16-7)18-10-4-8(14)3-9(15)5-10/h3-5H,6H2,1-2H3. The quantitative estimate of drug-likeness (QED) is 0.777. The van der Waals surface area contributed by atoms with Gasteiger partial charge in [0.15, 0.2) is 0 Å². The molecule has 1 heterocycles. The molecule has 3 nitrogen and oxygen atoms in total. The molecule has 1 aromatic carbocycles. The number of aryl methyl sites for hydroxylation is 2. The van der Waals surface area contributed by atoms with Gasteiger partial charge in [-0.05, 0) is 25.1 Å². The van der Waals surface area contributed by atoms with Gasteiger partial charge in [0.1, 0.15) is 5.75 Å². The third-order valence-electron chi connectivity index (χ3n) is 2.47. The number of nitrogens with zero attached hydrogens (tertiary/aromatic N) is 2. The smallest absolute Gasteiger partial charge is 0.222 e.